The Bertz CT molecular complexity index is 595. The first-order valence-corrected chi connectivity index (χ1v) is 6.63. The SMILES string of the molecule is CCc1ccccc1-n1ccc2c1CCCC2=O. The number of carbonyl (C=O) groups is 1. The molecule has 0 N–H and O–H groups in total. The summed E-state index contributed by atoms with van der Waals surface area (Å²) in [7, 11) is 0. The smallest absolute Gasteiger partial charge is 0.164 e. The maximum Gasteiger partial charge on any atom is 0.164 e. The highest BCUT2D eigenvalue weighted by atomic mass is 16.1. The van der Waals surface area contributed by atoms with Gasteiger partial charge in [0, 0.05) is 29.6 Å². The number of carbonyl (C=O) groups excluding carboxylic acids is 1. The van der Waals surface area contributed by atoms with E-state index in [4.69, 9.17) is 0 Å². The van der Waals surface area contributed by atoms with Crippen LogP contribution in [-0.4, -0.2) is 10.4 Å². The van der Waals surface area contributed by atoms with E-state index in [-0.39, 0.29) is 0 Å². The number of rotatable bonds is 2. The lowest BCUT2D eigenvalue weighted by molar-refractivity contribution is 0.0972. The number of aryl methyl sites for hydroxylation is 1. The monoisotopic (exact) mass is 239 g/mol. The summed E-state index contributed by atoms with van der Waals surface area (Å²) in [6, 6.07) is 10.4. The van der Waals surface area contributed by atoms with E-state index in [9.17, 15) is 4.79 Å². The third kappa shape index (κ3) is 1.69. The Kier molecular flexibility index (Phi) is 2.78. The summed E-state index contributed by atoms with van der Waals surface area (Å²) in [5, 5.41) is 0. The lowest BCUT2D eigenvalue weighted by atomic mass is 9.96. The molecule has 3 rings (SSSR count). The van der Waals surface area contributed by atoms with Crippen molar-refractivity contribution in [3.63, 3.8) is 0 Å². The molecule has 1 aromatic heterocycles. The van der Waals surface area contributed by atoms with Crippen molar-refractivity contribution in [1.82, 2.24) is 4.57 Å². The van der Waals surface area contributed by atoms with Gasteiger partial charge in [-0.2, -0.15) is 0 Å². The molecule has 1 heterocycles. The van der Waals surface area contributed by atoms with Crippen molar-refractivity contribution in [2.75, 3.05) is 0 Å². The van der Waals surface area contributed by atoms with Gasteiger partial charge in [-0.15, -0.1) is 0 Å². The number of hydrogen-bond acceptors (Lipinski definition) is 1. The van der Waals surface area contributed by atoms with Gasteiger partial charge in [-0.25, -0.2) is 0 Å². The van der Waals surface area contributed by atoms with Gasteiger partial charge in [0.1, 0.15) is 0 Å². The van der Waals surface area contributed by atoms with E-state index < -0.39 is 0 Å². The second-order valence-corrected chi connectivity index (χ2v) is 4.81. The van der Waals surface area contributed by atoms with E-state index in [0.717, 1.165) is 24.8 Å². The quantitative estimate of drug-likeness (QED) is 0.785. The molecule has 0 aliphatic heterocycles. The average molecular weight is 239 g/mol. The van der Waals surface area contributed by atoms with Crippen molar-refractivity contribution in [2.24, 2.45) is 0 Å². The minimum atomic E-state index is 0.295. The van der Waals surface area contributed by atoms with Crippen molar-refractivity contribution in [1.29, 1.82) is 0 Å². The number of Topliss-reactive ketones (excluding diaryl/α,β-unsaturated/α-hetero) is 1. The topological polar surface area (TPSA) is 22.0 Å². The van der Waals surface area contributed by atoms with Gasteiger partial charge in [0.05, 0.1) is 0 Å². The highest BCUT2D eigenvalue weighted by molar-refractivity contribution is 5.98. The molecule has 0 atom stereocenters. The van der Waals surface area contributed by atoms with E-state index in [2.05, 4.69) is 35.8 Å². The Balaban J connectivity index is 2.15. The van der Waals surface area contributed by atoms with Crippen LogP contribution in [-0.2, 0) is 12.8 Å². The molecule has 1 aliphatic rings. The van der Waals surface area contributed by atoms with Crippen LogP contribution in [0.2, 0.25) is 0 Å². The predicted octanol–water partition coefficient (Wildman–Crippen LogP) is 3.56. The Labute approximate surface area is 107 Å². The van der Waals surface area contributed by atoms with Crippen LogP contribution in [0.15, 0.2) is 36.5 Å². The Morgan fingerprint density at radius 2 is 2.00 bits per heavy atom. The highest BCUT2D eigenvalue weighted by Gasteiger charge is 2.21. The Morgan fingerprint density at radius 3 is 2.83 bits per heavy atom. The number of nitrogens with zero attached hydrogens (tertiary/aromatic N) is 1. The van der Waals surface area contributed by atoms with Crippen LogP contribution in [0.1, 0.15) is 41.4 Å². The largest absolute Gasteiger partial charge is 0.320 e. The first-order valence-electron chi connectivity index (χ1n) is 6.63. The molecule has 0 fully saturated rings. The highest BCUT2D eigenvalue weighted by Crippen LogP contribution is 2.26. The molecule has 18 heavy (non-hydrogen) atoms. The molecule has 0 saturated heterocycles. The van der Waals surface area contributed by atoms with E-state index in [1.54, 1.807) is 0 Å². The Hall–Kier alpha value is -1.83. The average Bonchev–Trinajstić information content (AvgIpc) is 2.84. The van der Waals surface area contributed by atoms with Crippen LogP contribution in [0.3, 0.4) is 0 Å². The summed E-state index contributed by atoms with van der Waals surface area (Å²) < 4.78 is 2.20. The van der Waals surface area contributed by atoms with Gasteiger partial charge >= 0.3 is 0 Å². The number of hydrogen-bond donors (Lipinski definition) is 0. The number of aromatic nitrogens is 1. The molecular weight excluding hydrogens is 222 g/mol. The molecule has 1 aliphatic carbocycles. The van der Waals surface area contributed by atoms with Crippen molar-refractivity contribution >= 4 is 5.78 Å². The van der Waals surface area contributed by atoms with Crippen molar-refractivity contribution in [3.05, 3.63) is 53.3 Å². The van der Waals surface area contributed by atoms with Gasteiger partial charge in [-0.1, -0.05) is 25.1 Å². The summed E-state index contributed by atoms with van der Waals surface area (Å²) in [5.74, 6) is 0.295. The second kappa shape index (κ2) is 4.45. The third-order valence-electron chi connectivity index (χ3n) is 3.74. The van der Waals surface area contributed by atoms with Crippen molar-refractivity contribution < 1.29 is 4.79 Å². The van der Waals surface area contributed by atoms with Crippen LogP contribution in [0, 0.1) is 0 Å². The summed E-state index contributed by atoms with van der Waals surface area (Å²) >= 11 is 0. The maximum atomic E-state index is 11.9. The zero-order chi connectivity index (χ0) is 12.5. The minimum Gasteiger partial charge on any atom is -0.320 e. The van der Waals surface area contributed by atoms with Crippen LogP contribution in [0.25, 0.3) is 5.69 Å². The van der Waals surface area contributed by atoms with Gasteiger partial charge in [0.15, 0.2) is 5.78 Å². The van der Waals surface area contributed by atoms with Crippen LogP contribution in [0.4, 0.5) is 0 Å². The standard InChI is InChI=1S/C16H17NO/c1-2-12-6-3-4-7-14(12)17-11-10-13-15(17)8-5-9-16(13)18/h3-4,6-7,10-11H,2,5,8-9H2,1H3. The molecule has 0 amide bonds. The number of para-hydroxylation sites is 1. The molecule has 2 heteroatoms. The summed E-state index contributed by atoms with van der Waals surface area (Å²) in [6.45, 7) is 2.17. The second-order valence-electron chi connectivity index (χ2n) is 4.81. The summed E-state index contributed by atoms with van der Waals surface area (Å²) in [4.78, 5) is 11.9. The Morgan fingerprint density at radius 1 is 1.17 bits per heavy atom. The molecule has 0 bridgehead atoms. The van der Waals surface area contributed by atoms with Gasteiger partial charge in [0.2, 0.25) is 0 Å². The molecular formula is C16H17NO. The first-order chi connectivity index (χ1) is 8.81. The van der Waals surface area contributed by atoms with Gasteiger partial charge in [-0.05, 0) is 37.0 Å². The van der Waals surface area contributed by atoms with Crippen molar-refractivity contribution in [2.45, 2.75) is 32.6 Å². The fourth-order valence-corrected chi connectivity index (χ4v) is 2.80. The van der Waals surface area contributed by atoms with Gasteiger partial charge in [-0.3, -0.25) is 4.79 Å². The minimum absolute atomic E-state index is 0.295. The van der Waals surface area contributed by atoms with E-state index >= 15 is 0 Å². The molecule has 92 valence electrons. The molecule has 2 aromatic rings. The normalized spacial score (nSPS) is 14.6. The van der Waals surface area contributed by atoms with Crippen LogP contribution < -0.4 is 0 Å². The lowest BCUT2D eigenvalue weighted by Gasteiger charge is -2.17. The van der Waals surface area contributed by atoms with E-state index in [1.807, 2.05) is 12.3 Å². The molecule has 1 aromatic carbocycles. The van der Waals surface area contributed by atoms with E-state index in [1.165, 1.54) is 16.9 Å². The van der Waals surface area contributed by atoms with E-state index in [0.29, 0.717) is 12.2 Å². The summed E-state index contributed by atoms with van der Waals surface area (Å²) in [5.41, 5.74) is 4.66. The van der Waals surface area contributed by atoms with Crippen LogP contribution >= 0.6 is 0 Å². The van der Waals surface area contributed by atoms with Gasteiger partial charge < -0.3 is 4.57 Å². The molecule has 0 saturated carbocycles. The number of ketones is 1. The predicted molar refractivity (Wildman–Crippen MR) is 72.4 cm³/mol. The van der Waals surface area contributed by atoms with Crippen LogP contribution in [0.5, 0.6) is 0 Å². The number of fused-ring (bicyclic) bond motifs is 1. The zero-order valence-electron chi connectivity index (χ0n) is 10.6. The number of benzene rings is 1. The molecule has 0 radical (unpaired) electrons. The lowest BCUT2D eigenvalue weighted by Crippen LogP contribution is -2.12. The fraction of sp³-hybridized carbons (Fsp3) is 0.312. The maximum absolute atomic E-state index is 11.9. The zero-order valence-corrected chi connectivity index (χ0v) is 10.6. The third-order valence-corrected chi connectivity index (χ3v) is 3.74. The van der Waals surface area contributed by atoms with Gasteiger partial charge in [0.25, 0.3) is 0 Å². The summed E-state index contributed by atoms with van der Waals surface area (Å²) in [6.07, 6.45) is 5.74. The molecule has 0 unspecified atom stereocenters. The molecule has 2 nitrogen and oxygen atoms in total. The first kappa shape index (κ1) is 11.3. The molecule has 0 spiro atoms. The van der Waals surface area contributed by atoms with Crippen molar-refractivity contribution in [3.8, 4) is 5.69 Å². The fourth-order valence-electron chi connectivity index (χ4n) is 2.80.